The Morgan fingerprint density at radius 2 is 2.10 bits per heavy atom. The smallest absolute Gasteiger partial charge is 0.140 e. The van der Waals surface area contributed by atoms with E-state index in [1.807, 2.05) is 43.1 Å². The molecule has 2 heterocycles. The van der Waals surface area contributed by atoms with Crippen LogP contribution in [-0.4, -0.2) is 22.2 Å². The molecular formula is C14H15N5O. The monoisotopic (exact) mass is 269 g/mol. The highest BCUT2D eigenvalue weighted by Gasteiger charge is 2.11. The molecule has 0 aliphatic heterocycles. The maximum Gasteiger partial charge on any atom is 0.140 e. The molecule has 2 N–H and O–H groups in total. The number of anilines is 2. The lowest BCUT2D eigenvalue weighted by Gasteiger charge is -2.18. The molecule has 0 atom stereocenters. The number of benzene rings is 1. The molecule has 0 radical (unpaired) electrons. The largest absolute Gasteiger partial charge is 0.399 e. The molecule has 6 heteroatoms. The maximum absolute atomic E-state index is 5.85. The summed E-state index contributed by atoms with van der Waals surface area (Å²) in [5, 5.41) is 4.92. The van der Waals surface area contributed by atoms with Gasteiger partial charge in [0.1, 0.15) is 23.6 Å². The van der Waals surface area contributed by atoms with Crippen molar-refractivity contribution in [3.63, 3.8) is 0 Å². The molecule has 2 aromatic heterocycles. The highest BCUT2D eigenvalue weighted by atomic mass is 16.5. The topological polar surface area (TPSA) is 81.1 Å². The number of aryl methyl sites for hydroxylation is 1. The first-order valence-electron chi connectivity index (χ1n) is 6.27. The minimum Gasteiger partial charge on any atom is -0.399 e. The Hall–Kier alpha value is -2.63. The Balaban J connectivity index is 1.98. The fraction of sp³-hybridized carbons (Fsp3) is 0.214. The second-order valence-corrected chi connectivity index (χ2v) is 4.76. The van der Waals surface area contributed by atoms with Gasteiger partial charge in [-0.25, -0.2) is 9.97 Å². The second kappa shape index (κ2) is 4.80. The summed E-state index contributed by atoms with van der Waals surface area (Å²) >= 11 is 0. The van der Waals surface area contributed by atoms with Gasteiger partial charge >= 0.3 is 0 Å². The first-order chi connectivity index (χ1) is 9.63. The van der Waals surface area contributed by atoms with Gasteiger partial charge in [0.25, 0.3) is 0 Å². The van der Waals surface area contributed by atoms with Gasteiger partial charge in [-0.2, -0.15) is 0 Å². The Labute approximate surface area is 116 Å². The molecule has 0 spiro atoms. The van der Waals surface area contributed by atoms with Gasteiger partial charge in [0.15, 0.2) is 0 Å². The van der Waals surface area contributed by atoms with Crippen molar-refractivity contribution in [2.45, 2.75) is 13.5 Å². The van der Waals surface area contributed by atoms with Crippen LogP contribution in [0.3, 0.4) is 0 Å². The Morgan fingerprint density at radius 3 is 2.85 bits per heavy atom. The molecule has 3 aromatic rings. The molecule has 3 rings (SSSR count). The van der Waals surface area contributed by atoms with E-state index in [1.165, 1.54) is 0 Å². The van der Waals surface area contributed by atoms with E-state index >= 15 is 0 Å². The van der Waals surface area contributed by atoms with Crippen LogP contribution in [0, 0.1) is 6.92 Å². The van der Waals surface area contributed by atoms with Crippen LogP contribution in [0.1, 0.15) is 11.5 Å². The summed E-state index contributed by atoms with van der Waals surface area (Å²) in [5.74, 6) is 1.62. The zero-order valence-electron chi connectivity index (χ0n) is 11.4. The van der Waals surface area contributed by atoms with Crippen molar-refractivity contribution < 1.29 is 4.52 Å². The third kappa shape index (κ3) is 2.27. The lowest BCUT2D eigenvalue weighted by atomic mass is 10.2. The summed E-state index contributed by atoms with van der Waals surface area (Å²) in [6, 6.07) is 7.52. The Kier molecular flexibility index (Phi) is 2.98. The number of fused-ring (bicyclic) bond motifs is 1. The molecule has 0 fully saturated rings. The summed E-state index contributed by atoms with van der Waals surface area (Å²) in [6.45, 7) is 2.48. The van der Waals surface area contributed by atoms with Crippen molar-refractivity contribution >= 4 is 22.4 Å². The Bertz CT molecular complexity index is 752. The van der Waals surface area contributed by atoms with Crippen LogP contribution in [-0.2, 0) is 6.54 Å². The van der Waals surface area contributed by atoms with Gasteiger partial charge in [0.2, 0.25) is 0 Å². The normalized spacial score (nSPS) is 10.9. The standard InChI is InChI=1S/C14H15N5O/c1-9-5-11(18-20-9)7-19(2)14-12-6-10(15)3-4-13(12)16-8-17-14/h3-6,8H,7,15H2,1-2H3. The highest BCUT2D eigenvalue weighted by Crippen LogP contribution is 2.25. The molecule has 0 bridgehead atoms. The molecule has 102 valence electrons. The zero-order valence-corrected chi connectivity index (χ0v) is 11.4. The van der Waals surface area contributed by atoms with Gasteiger partial charge in [0.05, 0.1) is 12.1 Å². The van der Waals surface area contributed by atoms with E-state index < -0.39 is 0 Å². The molecule has 6 nitrogen and oxygen atoms in total. The van der Waals surface area contributed by atoms with Crippen molar-refractivity contribution in [2.24, 2.45) is 0 Å². The molecule has 0 saturated heterocycles. The minimum absolute atomic E-state index is 0.609. The number of nitrogens with zero attached hydrogens (tertiary/aromatic N) is 4. The van der Waals surface area contributed by atoms with Crippen molar-refractivity contribution in [3.05, 3.63) is 42.0 Å². The maximum atomic E-state index is 5.85. The number of nitrogens with two attached hydrogens (primary N) is 1. The third-order valence-corrected chi connectivity index (χ3v) is 3.08. The molecule has 20 heavy (non-hydrogen) atoms. The van der Waals surface area contributed by atoms with Crippen LogP contribution in [0.2, 0.25) is 0 Å². The summed E-state index contributed by atoms with van der Waals surface area (Å²) < 4.78 is 5.08. The quantitative estimate of drug-likeness (QED) is 0.734. The molecule has 0 saturated carbocycles. The van der Waals surface area contributed by atoms with Crippen LogP contribution in [0.25, 0.3) is 10.9 Å². The van der Waals surface area contributed by atoms with Crippen LogP contribution in [0.5, 0.6) is 0 Å². The lowest BCUT2D eigenvalue weighted by molar-refractivity contribution is 0.390. The number of nitrogen functional groups attached to an aromatic ring is 1. The van der Waals surface area contributed by atoms with Crippen LogP contribution >= 0.6 is 0 Å². The Morgan fingerprint density at radius 1 is 1.25 bits per heavy atom. The molecule has 0 aliphatic rings. The van der Waals surface area contributed by atoms with Crippen molar-refractivity contribution in [1.29, 1.82) is 0 Å². The van der Waals surface area contributed by atoms with E-state index in [-0.39, 0.29) is 0 Å². The van der Waals surface area contributed by atoms with E-state index in [0.29, 0.717) is 12.2 Å². The van der Waals surface area contributed by atoms with Gasteiger partial charge in [0, 0.05) is 24.2 Å². The van der Waals surface area contributed by atoms with Gasteiger partial charge in [-0.1, -0.05) is 5.16 Å². The fourth-order valence-electron chi connectivity index (χ4n) is 2.18. The second-order valence-electron chi connectivity index (χ2n) is 4.76. The number of hydrogen-bond acceptors (Lipinski definition) is 6. The summed E-state index contributed by atoms with van der Waals surface area (Å²) in [4.78, 5) is 10.6. The predicted octanol–water partition coefficient (Wildman–Crippen LogP) is 2.14. The average Bonchev–Trinajstić information content (AvgIpc) is 2.83. The third-order valence-electron chi connectivity index (χ3n) is 3.08. The van der Waals surface area contributed by atoms with Gasteiger partial charge in [-0.15, -0.1) is 0 Å². The van der Waals surface area contributed by atoms with Crippen molar-refractivity contribution in [1.82, 2.24) is 15.1 Å². The molecule has 0 aliphatic carbocycles. The van der Waals surface area contributed by atoms with Gasteiger partial charge in [-0.3, -0.25) is 0 Å². The average molecular weight is 269 g/mol. The minimum atomic E-state index is 0.609. The lowest BCUT2D eigenvalue weighted by Crippen LogP contribution is -2.18. The van der Waals surface area contributed by atoms with E-state index in [0.717, 1.165) is 28.2 Å². The zero-order chi connectivity index (χ0) is 14.1. The SMILES string of the molecule is Cc1cc(CN(C)c2ncnc3ccc(N)cc23)no1. The van der Waals surface area contributed by atoms with E-state index in [4.69, 9.17) is 10.3 Å². The van der Waals surface area contributed by atoms with Gasteiger partial charge < -0.3 is 15.2 Å². The molecule has 0 amide bonds. The van der Waals surface area contributed by atoms with Crippen LogP contribution in [0.15, 0.2) is 35.1 Å². The van der Waals surface area contributed by atoms with Crippen molar-refractivity contribution in [3.8, 4) is 0 Å². The number of hydrogen-bond donors (Lipinski definition) is 1. The van der Waals surface area contributed by atoms with E-state index in [1.54, 1.807) is 6.33 Å². The highest BCUT2D eigenvalue weighted by molar-refractivity contribution is 5.91. The summed E-state index contributed by atoms with van der Waals surface area (Å²) in [7, 11) is 1.95. The van der Waals surface area contributed by atoms with Crippen LogP contribution < -0.4 is 10.6 Å². The first kappa shape index (κ1) is 12.4. The van der Waals surface area contributed by atoms with Crippen molar-refractivity contribution in [2.75, 3.05) is 17.7 Å². The van der Waals surface area contributed by atoms with E-state index in [9.17, 15) is 0 Å². The van der Waals surface area contributed by atoms with Gasteiger partial charge in [-0.05, 0) is 25.1 Å². The van der Waals surface area contributed by atoms with E-state index in [2.05, 4.69) is 15.1 Å². The molecular weight excluding hydrogens is 254 g/mol. The molecule has 1 aromatic carbocycles. The summed E-state index contributed by atoms with van der Waals surface area (Å²) in [5.41, 5.74) is 8.27. The summed E-state index contributed by atoms with van der Waals surface area (Å²) in [6.07, 6.45) is 1.55. The number of aromatic nitrogens is 3. The first-order valence-corrected chi connectivity index (χ1v) is 6.27. The predicted molar refractivity (Wildman–Crippen MR) is 77.3 cm³/mol. The van der Waals surface area contributed by atoms with Crippen LogP contribution in [0.4, 0.5) is 11.5 Å². The number of rotatable bonds is 3. The fourth-order valence-corrected chi connectivity index (χ4v) is 2.18. The molecule has 0 unspecified atom stereocenters.